The van der Waals surface area contributed by atoms with Gasteiger partial charge in [0.2, 0.25) is 5.71 Å². The standard InChI is InChI=1S/C11H9BrN4O/c1-2-17-11-5-8(12)3-4-10(11)16-15-9(6-13)7-14/h3-5,16H,2H2,1H3. The van der Waals surface area contributed by atoms with Gasteiger partial charge in [0.1, 0.15) is 17.9 Å². The molecule has 0 unspecified atom stereocenters. The molecule has 0 radical (unpaired) electrons. The van der Waals surface area contributed by atoms with E-state index in [4.69, 9.17) is 15.3 Å². The molecule has 6 heteroatoms. The second-order valence-corrected chi connectivity index (χ2v) is 3.78. The molecule has 0 saturated heterocycles. The Bertz CT molecular complexity index is 497. The highest BCUT2D eigenvalue weighted by molar-refractivity contribution is 9.10. The molecule has 0 fully saturated rings. The lowest BCUT2D eigenvalue weighted by Crippen LogP contribution is -2.00. The van der Waals surface area contributed by atoms with Crippen molar-refractivity contribution in [3.05, 3.63) is 22.7 Å². The minimum atomic E-state index is -0.240. The summed E-state index contributed by atoms with van der Waals surface area (Å²) in [4.78, 5) is 0. The Kier molecular flexibility index (Phi) is 4.99. The Morgan fingerprint density at radius 2 is 2.18 bits per heavy atom. The summed E-state index contributed by atoms with van der Waals surface area (Å²) in [7, 11) is 0. The summed E-state index contributed by atoms with van der Waals surface area (Å²) in [6.45, 7) is 2.38. The van der Waals surface area contributed by atoms with E-state index in [2.05, 4.69) is 26.5 Å². The second kappa shape index (κ2) is 6.51. The zero-order valence-electron chi connectivity index (χ0n) is 9.07. The fourth-order valence-electron chi connectivity index (χ4n) is 1.05. The minimum Gasteiger partial charge on any atom is -0.492 e. The van der Waals surface area contributed by atoms with E-state index < -0.39 is 0 Å². The van der Waals surface area contributed by atoms with Crippen molar-refractivity contribution >= 4 is 27.3 Å². The number of benzene rings is 1. The molecule has 5 nitrogen and oxygen atoms in total. The van der Waals surface area contributed by atoms with E-state index in [9.17, 15) is 0 Å². The number of nitriles is 2. The highest BCUT2D eigenvalue weighted by Gasteiger charge is 2.04. The smallest absolute Gasteiger partial charge is 0.237 e. The monoisotopic (exact) mass is 292 g/mol. The lowest BCUT2D eigenvalue weighted by Gasteiger charge is -2.09. The summed E-state index contributed by atoms with van der Waals surface area (Å²) in [5, 5.41) is 20.7. The van der Waals surface area contributed by atoms with Crippen molar-refractivity contribution < 1.29 is 4.74 Å². The van der Waals surface area contributed by atoms with Gasteiger partial charge in [0, 0.05) is 4.47 Å². The topological polar surface area (TPSA) is 81.2 Å². The van der Waals surface area contributed by atoms with Gasteiger partial charge in [0.15, 0.2) is 0 Å². The number of nitrogens with one attached hydrogen (secondary N) is 1. The summed E-state index contributed by atoms with van der Waals surface area (Å²) in [6, 6.07) is 8.65. The largest absolute Gasteiger partial charge is 0.492 e. The number of anilines is 1. The van der Waals surface area contributed by atoms with Crippen molar-refractivity contribution in [2.24, 2.45) is 5.10 Å². The SMILES string of the molecule is CCOc1cc(Br)ccc1NN=C(C#N)C#N. The molecule has 0 atom stereocenters. The van der Waals surface area contributed by atoms with Crippen LogP contribution in [0.5, 0.6) is 5.75 Å². The molecule has 0 bridgehead atoms. The third-order valence-electron chi connectivity index (χ3n) is 1.74. The molecule has 0 spiro atoms. The minimum absolute atomic E-state index is 0.240. The van der Waals surface area contributed by atoms with Crippen molar-refractivity contribution in [1.29, 1.82) is 10.5 Å². The zero-order valence-corrected chi connectivity index (χ0v) is 10.7. The van der Waals surface area contributed by atoms with Crippen LogP contribution in [0.15, 0.2) is 27.8 Å². The van der Waals surface area contributed by atoms with Gasteiger partial charge in [0.05, 0.1) is 12.3 Å². The molecule has 0 heterocycles. The quantitative estimate of drug-likeness (QED) is 0.683. The van der Waals surface area contributed by atoms with Crippen molar-refractivity contribution in [3.63, 3.8) is 0 Å². The van der Waals surface area contributed by atoms with Gasteiger partial charge in [-0.3, -0.25) is 5.43 Å². The van der Waals surface area contributed by atoms with Crippen molar-refractivity contribution in [3.8, 4) is 17.9 Å². The number of rotatable bonds is 4. The second-order valence-electron chi connectivity index (χ2n) is 2.87. The molecule has 1 aromatic carbocycles. The summed E-state index contributed by atoms with van der Waals surface area (Å²) in [5.41, 5.74) is 2.98. The molecular formula is C11H9BrN4O. The van der Waals surface area contributed by atoms with Crippen LogP contribution in [0.25, 0.3) is 0 Å². The van der Waals surface area contributed by atoms with Crippen molar-refractivity contribution in [2.75, 3.05) is 12.0 Å². The van der Waals surface area contributed by atoms with Gasteiger partial charge in [0.25, 0.3) is 0 Å². The molecule has 0 saturated carbocycles. The van der Waals surface area contributed by atoms with Crippen LogP contribution in [0.1, 0.15) is 6.92 Å². The molecule has 17 heavy (non-hydrogen) atoms. The first-order chi connectivity index (χ1) is 8.21. The fourth-order valence-corrected chi connectivity index (χ4v) is 1.39. The van der Waals surface area contributed by atoms with Crippen LogP contribution >= 0.6 is 15.9 Å². The average Bonchev–Trinajstić information content (AvgIpc) is 2.33. The maximum absolute atomic E-state index is 8.54. The Morgan fingerprint density at radius 1 is 1.47 bits per heavy atom. The molecule has 1 N–H and O–H groups in total. The van der Waals surface area contributed by atoms with Crippen molar-refractivity contribution in [2.45, 2.75) is 6.92 Å². The van der Waals surface area contributed by atoms with Gasteiger partial charge < -0.3 is 4.74 Å². The van der Waals surface area contributed by atoms with E-state index >= 15 is 0 Å². The lowest BCUT2D eigenvalue weighted by molar-refractivity contribution is 0.341. The number of hydrogen-bond acceptors (Lipinski definition) is 5. The van der Waals surface area contributed by atoms with Crippen LogP contribution in [-0.4, -0.2) is 12.3 Å². The first-order valence-electron chi connectivity index (χ1n) is 4.77. The van der Waals surface area contributed by atoms with Crippen molar-refractivity contribution in [1.82, 2.24) is 0 Å². The van der Waals surface area contributed by atoms with Gasteiger partial charge in [-0.1, -0.05) is 15.9 Å². The van der Waals surface area contributed by atoms with E-state index in [0.29, 0.717) is 18.0 Å². The summed E-state index contributed by atoms with van der Waals surface area (Å²) in [6.07, 6.45) is 0. The molecule has 0 aliphatic heterocycles. The van der Waals surface area contributed by atoms with Crippen LogP contribution in [-0.2, 0) is 0 Å². The first-order valence-corrected chi connectivity index (χ1v) is 5.56. The Hall–Kier alpha value is -2.05. The van der Waals surface area contributed by atoms with E-state index in [-0.39, 0.29) is 5.71 Å². The molecule has 86 valence electrons. The number of hydrazone groups is 1. The predicted octanol–water partition coefficient (Wildman–Crippen LogP) is 2.66. The van der Waals surface area contributed by atoms with Gasteiger partial charge >= 0.3 is 0 Å². The van der Waals surface area contributed by atoms with Gasteiger partial charge in [-0.2, -0.15) is 15.6 Å². The number of hydrogen-bond donors (Lipinski definition) is 1. The Morgan fingerprint density at radius 3 is 2.76 bits per heavy atom. The first kappa shape index (κ1) is 13.0. The van der Waals surface area contributed by atoms with E-state index in [1.165, 1.54) is 0 Å². The highest BCUT2D eigenvalue weighted by atomic mass is 79.9. The zero-order chi connectivity index (χ0) is 12.7. The third kappa shape index (κ3) is 3.78. The van der Waals surface area contributed by atoms with Crippen LogP contribution in [0, 0.1) is 22.7 Å². The van der Waals surface area contributed by atoms with E-state index in [1.54, 1.807) is 30.3 Å². The van der Waals surface area contributed by atoms with Crippen LogP contribution in [0.3, 0.4) is 0 Å². The maximum atomic E-state index is 8.54. The molecule has 0 amide bonds. The molecule has 0 aliphatic rings. The summed E-state index contributed by atoms with van der Waals surface area (Å²) < 4.78 is 6.26. The Labute approximate surface area is 107 Å². The van der Waals surface area contributed by atoms with E-state index in [1.807, 2.05) is 6.92 Å². The predicted molar refractivity (Wildman–Crippen MR) is 67.6 cm³/mol. The van der Waals surface area contributed by atoms with Gasteiger partial charge in [-0.15, -0.1) is 0 Å². The molecule has 0 aromatic heterocycles. The van der Waals surface area contributed by atoms with Gasteiger partial charge in [-0.05, 0) is 25.1 Å². The van der Waals surface area contributed by atoms with E-state index in [0.717, 1.165) is 4.47 Å². The average molecular weight is 293 g/mol. The lowest BCUT2D eigenvalue weighted by atomic mass is 10.3. The highest BCUT2D eigenvalue weighted by Crippen LogP contribution is 2.28. The Balaban J connectivity index is 2.95. The van der Waals surface area contributed by atoms with Crippen LogP contribution < -0.4 is 10.2 Å². The normalized spacial score (nSPS) is 8.71. The number of nitrogens with zero attached hydrogens (tertiary/aromatic N) is 3. The third-order valence-corrected chi connectivity index (χ3v) is 2.24. The fraction of sp³-hybridized carbons (Fsp3) is 0.182. The molecule has 0 aliphatic carbocycles. The van der Waals surface area contributed by atoms with Crippen LogP contribution in [0.4, 0.5) is 5.69 Å². The molecule has 1 rings (SSSR count). The maximum Gasteiger partial charge on any atom is 0.237 e. The molecular weight excluding hydrogens is 284 g/mol. The number of ether oxygens (including phenoxy) is 1. The van der Waals surface area contributed by atoms with Gasteiger partial charge in [-0.25, -0.2) is 0 Å². The number of halogens is 1. The summed E-state index contributed by atoms with van der Waals surface area (Å²) in [5.74, 6) is 0.598. The summed E-state index contributed by atoms with van der Waals surface area (Å²) >= 11 is 3.33. The van der Waals surface area contributed by atoms with Crippen LogP contribution in [0.2, 0.25) is 0 Å². The molecule has 1 aromatic rings.